The number of rotatable bonds is 4. The predicted octanol–water partition coefficient (Wildman–Crippen LogP) is 1.51. The van der Waals surface area contributed by atoms with Gasteiger partial charge < -0.3 is 14.9 Å². The van der Waals surface area contributed by atoms with Gasteiger partial charge in [0.25, 0.3) is 0 Å². The number of nitrogens with zero attached hydrogens (tertiary/aromatic N) is 5. The number of aliphatic hydroxyl groups is 1. The van der Waals surface area contributed by atoms with Crippen LogP contribution < -0.4 is 9.80 Å². The molecule has 6 nitrogen and oxygen atoms in total. The van der Waals surface area contributed by atoms with Crippen molar-refractivity contribution in [2.24, 2.45) is 0 Å². The molecule has 0 saturated carbocycles. The van der Waals surface area contributed by atoms with Crippen LogP contribution in [0.5, 0.6) is 0 Å². The molecule has 25 heavy (non-hydrogen) atoms. The summed E-state index contributed by atoms with van der Waals surface area (Å²) in [5.41, 5.74) is 0. The second kappa shape index (κ2) is 7.33. The molecule has 1 aromatic rings. The van der Waals surface area contributed by atoms with Crippen molar-refractivity contribution in [3.8, 4) is 0 Å². The minimum absolute atomic E-state index is 0.0744. The second-order valence-corrected chi connectivity index (χ2v) is 6.79. The highest BCUT2D eigenvalue weighted by molar-refractivity contribution is 5.51. The van der Waals surface area contributed by atoms with Gasteiger partial charge in [0.15, 0.2) is 0 Å². The van der Waals surface area contributed by atoms with Gasteiger partial charge in [0.2, 0.25) is 0 Å². The Balaban J connectivity index is 1.68. The fourth-order valence-corrected chi connectivity index (χ4v) is 3.66. The minimum Gasteiger partial charge on any atom is -0.394 e. The number of anilines is 2. The van der Waals surface area contributed by atoms with E-state index in [-0.39, 0.29) is 18.7 Å². The lowest BCUT2D eigenvalue weighted by atomic mass is 10.2. The number of piperazine rings is 1. The van der Waals surface area contributed by atoms with Crippen LogP contribution in [-0.2, 0) is 0 Å². The van der Waals surface area contributed by atoms with Crippen LogP contribution in [0.1, 0.15) is 19.8 Å². The van der Waals surface area contributed by atoms with Gasteiger partial charge in [-0.25, -0.2) is 9.97 Å². The van der Waals surface area contributed by atoms with Gasteiger partial charge in [-0.1, -0.05) is 0 Å². The van der Waals surface area contributed by atoms with Gasteiger partial charge in [0.05, 0.1) is 19.2 Å². The number of hydrogen-bond donors (Lipinski definition) is 1. The molecule has 1 N–H and O–H groups in total. The highest BCUT2D eigenvalue weighted by Gasteiger charge is 2.35. The average Bonchev–Trinajstić information content (AvgIpc) is 3.04. The van der Waals surface area contributed by atoms with Gasteiger partial charge in [-0.05, 0) is 19.8 Å². The van der Waals surface area contributed by atoms with Gasteiger partial charge in [-0.15, -0.1) is 0 Å². The zero-order chi connectivity index (χ0) is 18.0. The Morgan fingerprint density at radius 2 is 1.96 bits per heavy atom. The molecular formula is C16H24F3N5O. The third-order valence-corrected chi connectivity index (χ3v) is 4.99. The van der Waals surface area contributed by atoms with Crippen LogP contribution >= 0.6 is 0 Å². The lowest BCUT2D eigenvalue weighted by Gasteiger charge is -2.40. The summed E-state index contributed by atoms with van der Waals surface area (Å²) in [5, 5.41) is 9.48. The molecule has 0 spiro atoms. The zero-order valence-electron chi connectivity index (χ0n) is 14.3. The van der Waals surface area contributed by atoms with E-state index in [9.17, 15) is 18.3 Å². The Hall–Kier alpha value is -1.61. The molecule has 0 radical (unpaired) electrons. The van der Waals surface area contributed by atoms with E-state index in [2.05, 4.69) is 14.9 Å². The smallest absolute Gasteiger partial charge is 0.394 e. The van der Waals surface area contributed by atoms with E-state index in [1.165, 1.54) is 11.2 Å². The van der Waals surface area contributed by atoms with E-state index in [1.807, 2.05) is 17.9 Å². The molecule has 2 aliphatic heterocycles. The Labute approximate surface area is 145 Å². The maximum Gasteiger partial charge on any atom is 0.401 e. The molecule has 2 atom stereocenters. The van der Waals surface area contributed by atoms with Crippen LogP contribution in [0, 0.1) is 0 Å². The van der Waals surface area contributed by atoms with E-state index in [0.29, 0.717) is 19.6 Å². The van der Waals surface area contributed by atoms with Crippen molar-refractivity contribution in [3.63, 3.8) is 0 Å². The molecule has 140 valence electrons. The molecule has 3 rings (SSSR count). The summed E-state index contributed by atoms with van der Waals surface area (Å²) in [6, 6.07) is 1.75. The average molecular weight is 359 g/mol. The number of halogens is 3. The van der Waals surface area contributed by atoms with E-state index in [4.69, 9.17) is 0 Å². The summed E-state index contributed by atoms with van der Waals surface area (Å²) >= 11 is 0. The number of aromatic nitrogens is 2. The van der Waals surface area contributed by atoms with Crippen LogP contribution in [0.25, 0.3) is 0 Å². The molecule has 2 fully saturated rings. The van der Waals surface area contributed by atoms with E-state index >= 15 is 0 Å². The van der Waals surface area contributed by atoms with Crippen LogP contribution in [0.2, 0.25) is 0 Å². The molecule has 0 aliphatic carbocycles. The van der Waals surface area contributed by atoms with Crippen LogP contribution in [0.15, 0.2) is 12.4 Å². The molecule has 2 aliphatic rings. The highest BCUT2D eigenvalue weighted by Crippen LogP contribution is 2.27. The summed E-state index contributed by atoms with van der Waals surface area (Å²) in [5.74, 6) is 1.50. The van der Waals surface area contributed by atoms with Crippen LogP contribution in [0.3, 0.4) is 0 Å². The van der Waals surface area contributed by atoms with Crippen molar-refractivity contribution in [3.05, 3.63) is 12.4 Å². The first-order valence-electron chi connectivity index (χ1n) is 8.62. The first-order chi connectivity index (χ1) is 11.9. The van der Waals surface area contributed by atoms with Crippen molar-refractivity contribution < 1.29 is 18.3 Å². The van der Waals surface area contributed by atoms with E-state index in [0.717, 1.165) is 31.0 Å². The molecule has 0 amide bonds. The van der Waals surface area contributed by atoms with Crippen LogP contribution in [-0.4, -0.2) is 77.6 Å². The summed E-state index contributed by atoms with van der Waals surface area (Å²) in [6.45, 7) is 3.22. The predicted molar refractivity (Wildman–Crippen MR) is 88.8 cm³/mol. The van der Waals surface area contributed by atoms with Gasteiger partial charge in [0.1, 0.15) is 18.0 Å². The minimum atomic E-state index is -4.17. The largest absolute Gasteiger partial charge is 0.401 e. The normalized spacial score (nSPS) is 25.6. The monoisotopic (exact) mass is 359 g/mol. The number of hydrogen-bond acceptors (Lipinski definition) is 6. The maximum absolute atomic E-state index is 12.6. The number of alkyl halides is 3. The summed E-state index contributed by atoms with van der Waals surface area (Å²) in [7, 11) is 0. The Morgan fingerprint density at radius 1 is 1.20 bits per heavy atom. The lowest BCUT2D eigenvalue weighted by Crippen LogP contribution is -2.54. The van der Waals surface area contributed by atoms with Crippen molar-refractivity contribution in [2.75, 3.05) is 49.1 Å². The number of aliphatic hydroxyl groups excluding tert-OH is 1. The molecule has 3 heterocycles. The summed E-state index contributed by atoms with van der Waals surface area (Å²) < 4.78 is 37.9. The van der Waals surface area contributed by atoms with Crippen LogP contribution in [0.4, 0.5) is 24.8 Å². The van der Waals surface area contributed by atoms with E-state index < -0.39 is 12.7 Å². The molecule has 2 saturated heterocycles. The van der Waals surface area contributed by atoms with Gasteiger partial charge >= 0.3 is 6.18 Å². The molecular weight excluding hydrogens is 335 g/mol. The molecule has 2 unspecified atom stereocenters. The highest BCUT2D eigenvalue weighted by atomic mass is 19.4. The van der Waals surface area contributed by atoms with Crippen molar-refractivity contribution in [1.82, 2.24) is 14.9 Å². The quantitative estimate of drug-likeness (QED) is 0.880. The second-order valence-electron chi connectivity index (χ2n) is 6.79. The van der Waals surface area contributed by atoms with Crippen molar-refractivity contribution in [2.45, 2.75) is 38.0 Å². The molecule has 1 aromatic heterocycles. The topological polar surface area (TPSA) is 55.7 Å². The Morgan fingerprint density at radius 3 is 2.64 bits per heavy atom. The summed E-state index contributed by atoms with van der Waals surface area (Å²) in [4.78, 5) is 14.2. The standard InChI is InChI=1S/C16H24F3N5O/c1-12-8-22(5-6-23(12)10-16(17,18)19)14-7-15(21-11-20-14)24-4-2-3-13(24)9-25/h7,11-13,25H,2-6,8-10H2,1H3. The van der Waals surface area contributed by atoms with Crippen molar-refractivity contribution in [1.29, 1.82) is 0 Å². The molecule has 0 aromatic carbocycles. The fraction of sp³-hybridized carbons (Fsp3) is 0.750. The first kappa shape index (κ1) is 18.2. The lowest BCUT2D eigenvalue weighted by molar-refractivity contribution is -0.150. The first-order valence-corrected chi connectivity index (χ1v) is 8.62. The SMILES string of the molecule is CC1CN(c2cc(N3CCCC3CO)ncn2)CCN1CC(F)(F)F. The third kappa shape index (κ3) is 4.33. The molecule has 0 bridgehead atoms. The Kier molecular flexibility index (Phi) is 5.33. The van der Waals surface area contributed by atoms with E-state index in [1.54, 1.807) is 0 Å². The van der Waals surface area contributed by atoms with Crippen molar-refractivity contribution >= 4 is 11.6 Å². The summed E-state index contributed by atoms with van der Waals surface area (Å²) in [6.07, 6.45) is -0.738. The Bertz CT molecular complexity index is 585. The maximum atomic E-state index is 12.6. The van der Waals surface area contributed by atoms with Gasteiger partial charge in [-0.2, -0.15) is 13.2 Å². The molecule has 9 heteroatoms. The zero-order valence-corrected chi connectivity index (χ0v) is 14.3. The fourth-order valence-electron chi connectivity index (χ4n) is 3.66. The van der Waals surface area contributed by atoms with Gasteiger partial charge in [-0.3, -0.25) is 4.90 Å². The third-order valence-electron chi connectivity index (χ3n) is 4.99. The van der Waals surface area contributed by atoms with Gasteiger partial charge in [0, 0.05) is 38.3 Å².